The van der Waals surface area contributed by atoms with Crippen LogP contribution in [0.3, 0.4) is 0 Å². The van der Waals surface area contributed by atoms with Gasteiger partial charge in [0.05, 0.1) is 22.1 Å². The SMILES string of the molecule is c1ccc(-c2nc(-c3ccc4c(c3)sc3ccccc34)nc(-c3cccc4oc5ccc6ccc(-n7c8ccccc8c8cc9cc(-c%10ccc%11sc%12c(-c%13nc(-c%14ccccc%14)nc(-c%14cccc%15oc%16ccc%17ccc(-n%18c%19cc%20ccccc%20cc%19c%19cc%20ccccc%20cc%19%18)cc%17c%16c%14%15)n%13)cccc%12c%11c%10)ccc9cc87)cc6c5c34)n2)cc1. The highest BCUT2D eigenvalue weighted by molar-refractivity contribution is 7.26. The fourth-order valence-electron chi connectivity index (χ4n) is 19.4. The first-order valence-corrected chi connectivity index (χ1v) is 42.6. The number of hydrogen-bond acceptors (Lipinski definition) is 10. The van der Waals surface area contributed by atoms with Gasteiger partial charge in [-0.25, -0.2) is 29.9 Å². The fraction of sp³-hybridized carbons (Fsp3) is 0. The third kappa shape index (κ3) is 10.2. The molecule has 0 bridgehead atoms. The molecule has 8 heterocycles. The summed E-state index contributed by atoms with van der Waals surface area (Å²) in [7, 11) is 0. The molecule has 0 aliphatic carbocycles. The summed E-state index contributed by atoms with van der Waals surface area (Å²) in [4.78, 5) is 32.3. The van der Waals surface area contributed by atoms with E-state index in [1.165, 1.54) is 73.3 Å². The fourth-order valence-corrected chi connectivity index (χ4v) is 21.8. The summed E-state index contributed by atoms with van der Waals surface area (Å²) in [5, 5.41) is 24.9. The van der Waals surface area contributed by atoms with E-state index in [-0.39, 0.29) is 0 Å². The molecule has 0 aliphatic rings. The van der Waals surface area contributed by atoms with Gasteiger partial charge in [0.2, 0.25) is 0 Å². The maximum absolute atomic E-state index is 6.91. The molecule has 27 rings (SSSR count). The molecule has 8 aromatic heterocycles. The summed E-state index contributed by atoms with van der Waals surface area (Å²) < 4.78 is 23.3. The number of para-hydroxylation sites is 1. The van der Waals surface area contributed by atoms with Crippen LogP contribution in [0.4, 0.5) is 0 Å². The Morgan fingerprint density at radius 3 is 1.25 bits per heavy atom. The lowest BCUT2D eigenvalue weighted by Crippen LogP contribution is -2.00. The molecular formula is C110H60N8O2S2. The van der Waals surface area contributed by atoms with Crippen LogP contribution in [0.15, 0.2) is 373 Å². The number of furan rings is 2. The van der Waals surface area contributed by atoms with Gasteiger partial charge in [-0.2, -0.15) is 0 Å². The zero-order chi connectivity index (χ0) is 79.5. The van der Waals surface area contributed by atoms with Crippen LogP contribution < -0.4 is 0 Å². The molecule has 0 spiro atoms. The van der Waals surface area contributed by atoms with E-state index in [4.69, 9.17) is 38.7 Å². The number of rotatable bonds is 9. The Balaban J connectivity index is 0.561. The lowest BCUT2D eigenvalue weighted by atomic mass is 9.98. The van der Waals surface area contributed by atoms with Crippen molar-refractivity contribution in [2.75, 3.05) is 0 Å². The van der Waals surface area contributed by atoms with Gasteiger partial charge in [0, 0.05) is 128 Å². The smallest absolute Gasteiger partial charge is 0.165 e. The average molecular weight is 1590 g/mol. The number of fused-ring (bicyclic) bond motifs is 25. The van der Waals surface area contributed by atoms with E-state index in [1.54, 1.807) is 22.7 Å². The van der Waals surface area contributed by atoms with Crippen LogP contribution in [-0.2, 0) is 0 Å². The van der Waals surface area contributed by atoms with Gasteiger partial charge < -0.3 is 18.0 Å². The molecule has 0 unspecified atom stereocenters. The van der Waals surface area contributed by atoms with E-state index >= 15 is 0 Å². The van der Waals surface area contributed by atoms with Crippen LogP contribution in [0.1, 0.15) is 0 Å². The van der Waals surface area contributed by atoms with Crippen molar-refractivity contribution in [2.24, 2.45) is 0 Å². The Kier molecular flexibility index (Phi) is 14.2. The van der Waals surface area contributed by atoms with Crippen molar-refractivity contribution < 1.29 is 8.83 Å². The second kappa shape index (κ2) is 25.8. The van der Waals surface area contributed by atoms with Crippen LogP contribution in [0, 0.1) is 0 Å². The third-order valence-corrected chi connectivity index (χ3v) is 27.5. The Morgan fingerprint density at radius 1 is 0.197 bits per heavy atom. The summed E-state index contributed by atoms with van der Waals surface area (Å²) >= 11 is 3.56. The molecule has 0 amide bonds. The summed E-state index contributed by atoms with van der Waals surface area (Å²) in [6.07, 6.45) is 0. The minimum absolute atomic E-state index is 0.562. The molecule has 564 valence electrons. The van der Waals surface area contributed by atoms with Gasteiger partial charge in [0.15, 0.2) is 34.9 Å². The quantitative estimate of drug-likeness (QED) is 0.140. The first-order chi connectivity index (χ1) is 60.4. The van der Waals surface area contributed by atoms with Crippen LogP contribution >= 0.6 is 22.7 Å². The number of aromatic nitrogens is 8. The molecule has 0 saturated heterocycles. The number of nitrogens with zero attached hydrogens (tertiary/aromatic N) is 8. The van der Waals surface area contributed by atoms with Crippen molar-refractivity contribution in [3.63, 3.8) is 0 Å². The molecule has 0 aliphatic heterocycles. The Labute approximate surface area is 702 Å². The first kappa shape index (κ1) is 67.2. The summed E-state index contributed by atoms with van der Waals surface area (Å²) in [6.45, 7) is 0. The van der Waals surface area contributed by atoms with Gasteiger partial charge in [-0.05, 0) is 192 Å². The second-order valence-corrected chi connectivity index (χ2v) is 34.1. The Bertz CT molecular complexity index is 9160. The van der Waals surface area contributed by atoms with Crippen LogP contribution in [0.25, 0.3) is 273 Å². The van der Waals surface area contributed by atoms with E-state index in [0.29, 0.717) is 34.9 Å². The Morgan fingerprint density at radius 2 is 0.623 bits per heavy atom. The van der Waals surface area contributed by atoms with Crippen molar-refractivity contribution in [1.82, 2.24) is 39.0 Å². The van der Waals surface area contributed by atoms with Gasteiger partial charge >= 0.3 is 0 Å². The van der Waals surface area contributed by atoms with Gasteiger partial charge in [-0.1, -0.05) is 237 Å². The van der Waals surface area contributed by atoms with Gasteiger partial charge in [-0.3, -0.25) is 0 Å². The lowest BCUT2D eigenvalue weighted by Gasteiger charge is -2.12. The predicted molar refractivity (Wildman–Crippen MR) is 508 cm³/mol. The summed E-state index contributed by atoms with van der Waals surface area (Å²) in [5.74, 6) is 3.53. The molecule has 12 heteroatoms. The van der Waals surface area contributed by atoms with Crippen molar-refractivity contribution in [2.45, 2.75) is 0 Å². The summed E-state index contributed by atoms with van der Waals surface area (Å²) in [5.41, 5.74) is 17.4. The van der Waals surface area contributed by atoms with Gasteiger partial charge in [0.1, 0.15) is 22.3 Å². The largest absolute Gasteiger partial charge is 0.456 e. The standard InChI is InChI=1S/C110H60N8O2S2/c1-3-18-63(19-4-1)105-111-107(72-40-46-78-77-27-12-14-35-97(77)121-99(78)58-72)115-108(112-105)80-29-16-33-93-100(80)102-83-59-74(44-38-61(83)41-47-95(102)119-93)117-89-32-13-11-26-76(89)85-54-73-50-69(36-37-71(73)57-90(85)117)70-43-49-98-88(53-70)79-28-15-31-82(104(79)122-98)110-114-106(64-20-5-2-6-21-64)113-109(116-110)81-30-17-34-94-101(81)103-84-60-75(45-39-62(84)42-48-96(103)120-94)118-91-55-67-24-9-7-22-65(67)51-86(91)87-52-66-23-8-10-25-68(66)56-92(87)118/h1-60H. The van der Waals surface area contributed by atoms with E-state index in [9.17, 15) is 0 Å². The number of thiophene rings is 2. The van der Waals surface area contributed by atoms with E-state index in [1.807, 2.05) is 42.5 Å². The Hall–Kier alpha value is -15.9. The molecule has 10 nitrogen and oxygen atoms in total. The van der Waals surface area contributed by atoms with Gasteiger partial charge in [0.25, 0.3) is 0 Å². The predicted octanol–water partition coefficient (Wildman–Crippen LogP) is 30.2. The van der Waals surface area contributed by atoms with Gasteiger partial charge in [-0.15, -0.1) is 22.7 Å². The zero-order valence-corrected chi connectivity index (χ0v) is 66.5. The maximum atomic E-state index is 6.91. The zero-order valence-electron chi connectivity index (χ0n) is 64.9. The molecule has 0 fully saturated rings. The maximum Gasteiger partial charge on any atom is 0.165 e. The molecule has 27 aromatic rings. The number of benzene rings is 19. The molecule has 19 aromatic carbocycles. The monoisotopic (exact) mass is 1590 g/mol. The minimum Gasteiger partial charge on any atom is -0.456 e. The molecule has 122 heavy (non-hydrogen) atoms. The van der Waals surface area contributed by atoms with Crippen molar-refractivity contribution in [3.05, 3.63) is 364 Å². The highest BCUT2D eigenvalue weighted by Crippen LogP contribution is 2.49. The topological polar surface area (TPSA) is 113 Å². The van der Waals surface area contributed by atoms with Crippen molar-refractivity contribution >= 4 is 204 Å². The highest BCUT2D eigenvalue weighted by atomic mass is 32.1. The normalized spacial score (nSPS) is 12.3. The van der Waals surface area contributed by atoms with Crippen molar-refractivity contribution in [3.8, 4) is 90.8 Å². The molecule has 0 atom stereocenters. The summed E-state index contributed by atoms with van der Waals surface area (Å²) in [6, 6.07) is 131. The van der Waals surface area contributed by atoms with Crippen LogP contribution in [-0.4, -0.2) is 39.0 Å². The van der Waals surface area contributed by atoms with Crippen LogP contribution in [0.5, 0.6) is 0 Å². The molecule has 0 saturated carbocycles. The lowest BCUT2D eigenvalue weighted by molar-refractivity contribution is 0.669. The molecular weight excluding hydrogens is 1530 g/mol. The average Bonchev–Trinajstić information content (AvgIpc) is 1.56. The van der Waals surface area contributed by atoms with E-state index in [0.717, 1.165) is 164 Å². The highest BCUT2D eigenvalue weighted by Gasteiger charge is 2.27. The van der Waals surface area contributed by atoms with Crippen LogP contribution in [0.2, 0.25) is 0 Å². The molecule has 0 radical (unpaired) electrons. The first-order valence-electron chi connectivity index (χ1n) is 41.0. The van der Waals surface area contributed by atoms with Crippen molar-refractivity contribution in [1.29, 1.82) is 0 Å². The second-order valence-electron chi connectivity index (χ2n) is 32.0. The molecule has 0 N–H and O–H groups in total. The third-order valence-electron chi connectivity index (χ3n) is 25.1. The van der Waals surface area contributed by atoms with E-state index in [2.05, 4.69) is 331 Å². The number of hydrogen-bond donors (Lipinski definition) is 0. The minimum atomic E-state index is 0.562. The van der Waals surface area contributed by atoms with E-state index < -0.39 is 0 Å².